The number of nitrogens with one attached hydrogen (secondary N) is 1. The fourth-order valence-electron chi connectivity index (χ4n) is 2.39. The summed E-state index contributed by atoms with van der Waals surface area (Å²) in [5.41, 5.74) is 2.24. The Labute approximate surface area is 143 Å². The fraction of sp³-hybridized carbons (Fsp3) is 0.300. The molecule has 2 amide bonds. The van der Waals surface area contributed by atoms with E-state index in [4.69, 9.17) is 0 Å². The van der Waals surface area contributed by atoms with E-state index in [1.165, 1.54) is 0 Å². The monoisotopic (exact) mass is 324 g/mol. The van der Waals surface area contributed by atoms with Gasteiger partial charge >= 0.3 is 0 Å². The molecule has 0 heterocycles. The van der Waals surface area contributed by atoms with E-state index in [0.29, 0.717) is 24.2 Å². The molecule has 0 aliphatic rings. The molecule has 2 aromatic rings. The largest absolute Gasteiger partial charge is 0.352 e. The van der Waals surface area contributed by atoms with E-state index < -0.39 is 0 Å². The molecule has 0 aliphatic heterocycles. The molecular weight excluding hydrogens is 300 g/mol. The summed E-state index contributed by atoms with van der Waals surface area (Å²) in [6.45, 7) is 3.31. The van der Waals surface area contributed by atoms with Gasteiger partial charge in [0.15, 0.2) is 0 Å². The van der Waals surface area contributed by atoms with Gasteiger partial charge in [0.2, 0.25) is 0 Å². The van der Waals surface area contributed by atoms with Gasteiger partial charge in [0.25, 0.3) is 11.8 Å². The minimum Gasteiger partial charge on any atom is -0.352 e. The zero-order valence-electron chi connectivity index (χ0n) is 14.3. The molecule has 0 radical (unpaired) electrons. The molecule has 24 heavy (non-hydrogen) atoms. The normalized spacial score (nSPS) is 10.2. The first-order chi connectivity index (χ1) is 11.6. The second-order valence-electron chi connectivity index (χ2n) is 5.83. The highest BCUT2D eigenvalue weighted by atomic mass is 16.2. The Balaban J connectivity index is 1.96. The summed E-state index contributed by atoms with van der Waals surface area (Å²) in [6.07, 6.45) is 2.01. The van der Waals surface area contributed by atoms with Gasteiger partial charge in [-0.25, -0.2) is 0 Å². The van der Waals surface area contributed by atoms with Crippen LogP contribution in [-0.2, 0) is 6.54 Å². The summed E-state index contributed by atoms with van der Waals surface area (Å²) in [6, 6.07) is 16.7. The number of benzene rings is 2. The molecule has 0 spiro atoms. The zero-order chi connectivity index (χ0) is 17.4. The van der Waals surface area contributed by atoms with Crippen molar-refractivity contribution in [3.05, 3.63) is 71.3 Å². The summed E-state index contributed by atoms with van der Waals surface area (Å²) in [7, 11) is 1.78. The van der Waals surface area contributed by atoms with Crippen molar-refractivity contribution in [2.45, 2.75) is 26.3 Å². The molecule has 0 aliphatic carbocycles. The van der Waals surface area contributed by atoms with Crippen LogP contribution in [0.5, 0.6) is 0 Å². The molecule has 2 rings (SSSR count). The van der Waals surface area contributed by atoms with Gasteiger partial charge in [-0.05, 0) is 36.2 Å². The Morgan fingerprint density at radius 2 is 1.58 bits per heavy atom. The molecule has 0 unspecified atom stereocenters. The highest BCUT2D eigenvalue weighted by Gasteiger charge is 2.13. The van der Waals surface area contributed by atoms with Gasteiger partial charge in [-0.15, -0.1) is 0 Å². The molecule has 126 valence electrons. The number of hydrogen-bond donors (Lipinski definition) is 1. The first kappa shape index (κ1) is 17.7. The number of amides is 2. The quantitative estimate of drug-likeness (QED) is 0.793. The number of carbonyl (C=O) groups excluding carboxylic acids is 2. The van der Waals surface area contributed by atoms with Crippen LogP contribution < -0.4 is 5.32 Å². The minimum absolute atomic E-state index is 0.0585. The fourth-order valence-corrected chi connectivity index (χ4v) is 2.39. The van der Waals surface area contributed by atoms with Crippen LogP contribution in [0.3, 0.4) is 0 Å². The van der Waals surface area contributed by atoms with Gasteiger partial charge in [-0.2, -0.15) is 0 Å². The van der Waals surface area contributed by atoms with Crippen molar-refractivity contribution in [3.8, 4) is 0 Å². The lowest BCUT2D eigenvalue weighted by molar-refractivity contribution is 0.0784. The lowest BCUT2D eigenvalue weighted by Gasteiger charge is -2.17. The SMILES string of the molecule is CCCCNC(=O)c1ccc(C(=O)N(C)Cc2ccccc2)cc1. The molecule has 4 nitrogen and oxygen atoms in total. The van der Waals surface area contributed by atoms with Gasteiger partial charge in [0, 0.05) is 31.3 Å². The number of unbranched alkanes of at least 4 members (excludes halogenated alkanes) is 1. The number of hydrogen-bond acceptors (Lipinski definition) is 2. The van der Waals surface area contributed by atoms with Crippen LogP contribution in [0.15, 0.2) is 54.6 Å². The van der Waals surface area contributed by atoms with Gasteiger partial charge in [-0.3, -0.25) is 9.59 Å². The first-order valence-electron chi connectivity index (χ1n) is 8.29. The molecular formula is C20H24N2O2. The van der Waals surface area contributed by atoms with E-state index in [1.807, 2.05) is 30.3 Å². The second kappa shape index (κ2) is 8.87. The van der Waals surface area contributed by atoms with Crippen molar-refractivity contribution >= 4 is 11.8 Å². The van der Waals surface area contributed by atoms with Crippen LogP contribution >= 0.6 is 0 Å². The Morgan fingerprint density at radius 1 is 0.958 bits per heavy atom. The Hall–Kier alpha value is -2.62. The van der Waals surface area contributed by atoms with Crippen LogP contribution in [0.1, 0.15) is 46.0 Å². The average Bonchev–Trinajstić information content (AvgIpc) is 2.62. The third kappa shape index (κ3) is 4.95. The Morgan fingerprint density at radius 3 is 2.21 bits per heavy atom. The van der Waals surface area contributed by atoms with Gasteiger partial charge in [0.1, 0.15) is 0 Å². The van der Waals surface area contributed by atoms with E-state index in [-0.39, 0.29) is 11.8 Å². The second-order valence-corrected chi connectivity index (χ2v) is 5.83. The minimum atomic E-state index is -0.0971. The lowest BCUT2D eigenvalue weighted by Crippen LogP contribution is -2.27. The average molecular weight is 324 g/mol. The molecule has 2 aromatic carbocycles. The number of rotatable bonds is 7. The Bertz CT molecular complexity index is 666. The molecule has 0 bridgehead atoms. The maximum absolute atomic E-state index is 12.5. The van der Waals surface area contributed by atoms with Crippen LogP contribution in [0, 0.1) is 0 Å². The van der Waals surface area contributed by atoms with E-state index in [2.05, 4.69) is 12.2 Å². The first-order valence-corrected chi connectivity index (χ1v) is 8.29. The zero-order valence-corrected chi connectivity index (χ0v) is 14.3. The highest BCUT2D eigenvalue weighted by Crippen LogP contribution is 2.10. The maximum Gasteiger partial charge on any atom is 0.253 e. The predicted octanol–water partition coefficient (Wildman–Crippen LogP) is 3.49. The van der Waals surface area contributed by atoms with E-state index >= 15 is 0 Å². The van der Waals surface area contributed by atoms with Crippen LogP contribution in [-0.4, -0.2) is 30.3 Å². The Kier molecular flexibility index (Phi) is 6.55. The summed E-state index contributed by atoms with van der Waals surface area (Å²) < 4.78 is 0. The van der Waals surface area contributed by atoms with Crippen LogP contribution in [0.2, 0.25) is 0 Å². The molecule has 0 atom stereocenters. The summed E-state index contributed by atoms with van der Waals surface area (Å²) >= 11 is 0. The van der Waals surface area contributed by atoms with Crippen molar-refractivity contribution < 1.29 is 9.59 Å². The van der Waals surface area contributed by atoms with Gasteiger partial charge in [0.05, 0.1) is 0 Å². The number of carbonyl (C=O) groups is 2. The van der Waals surface area contributed by atoms with Crippen LogP contribution in [0.4, 0.5) is 0 Å². The van der Waals surface area contributed by atoms with E-state index in [0.717, 1.165) is 18.4 Å². The topological polar surface area (TPSA) is 49.4 Å². The molecule has 1 N–H and O–H groups in total. The van der Waals surface area contributed by atoms with Crippen molar-refractivity contribution in [2.24, 2.45) is 0 Å². The number of nitrogens with zero attached hydrogens (tertiary/aromatic N) is 1. The molecule has 0 saturated carbocycles. The molecule has 0 aromatic heterocycles. The maximum atomic E-state index is 12.5. The summed E-state index contributed by atoms with van der Waals surface area (Å²) in [4.78, 5) is 26.1. The third-order valence-corrected chi connectivity index (χ3v) is 3.82. The smallest absolute Gasteiger partial charge is 0.253 e. The van der Waals surface area contributed by atoms with E-state index in [1.54, 1.807) is 36.2 Å². The van der Waals surface area contributed by atoms with Gasteiger partial charge in [-0.1, -0.05) is 43.7 Å². The standard InChI is InChI=1S/C20H24N2O2/c1-3-4-14-21-19(23)17-10-12-18(13-11-17)20(24)22(2)15-16-8-6-5-7-9-16/h5-13H,3-4,14-15H2,1-2H3,(H,21,23). The lowest BCUT2D eigenvalue weighted by atomic mass is 10.1. The van der Waals surface area contributed by atoms with Crippen molar-refractivity contribution in [1.82, 2.24) is 10.2 Å². The molecule has 4 heteroatoms. The van der Waals surface area contributed by atoms with Gasteiger partial charge < -0.3 is 10.2 Å². The van der Waals surface area contributed by atoms with E-state index in [9.17, 15) is 9.59 Å². The third-order valence-electron chi connectivity index (χ3n) is 3.82. The summed E-state index contributed by atoms with van der Waals surface area (Å²) in [5.74, 6) is -0.156. The highest BCUT2D eigenvalue weighted by molar-refractivity contribution is 5.97. The van der Waals surface area contributed by atoms with Crippen molar-refractivity contribution in [3.63, 3.8) is 0 Å². The summed E-state index contributed by atoms with van der Waals surface area (Å²) in [5, 5.41) is 2.87. The molecule has 0 saturated heterocycles. The predicted molar refractivity (Wildman–Crippen MR) is 95.9 cm³/mol. The molecule has 0 fully saturated rings. The van der Waals surface area contributed by atoms with Crippen LogP contribution in [0.25, 0.3) is 0 Å². The van der Waals surface area contributed by atoms with Crippen molar-refractivity contribution in [1.29, 1.82) is 0 Å². The van der Waals surface area contributed by atoms with Crippen molar-refractivity contribution in [2.75, 3.05) is 13.6 Å².